The summed E-state index contributed by atoms with van der Waals surface area (Å²) in [6.07, 6.45) is 3.38. The van der Waals surface area contributed by atoms with Crippen LogP contribution >= 0.6 is 0 Å². The molecular weight excluding hydrogens is 189 g/mol. The van der Waals surface area contributed by atoms with Crippen LogP contribution in [-0.4, -0.2) is 18.7 Å². The first-order valence-corrected chi connectivity index (χ1v) is 5.49. The molecule has 3 N–H and O–H groups in total. The number of aryl methyl sites for hydroxylation is 2. The summed E-state index contributed by atoms with van der Waals surface area (Å²) in [6.45, 7) is 0.433. The summed E-state index contributed by atoms with van der Waals surface area (Å²) in [6, 6.07) is 4.27. The average Bonchev–Trinajstić information content (AvgIpc) is 2.81. The van der Waals surface area contributed by atoms with E-state index in [9.17, 15) is 5.02 Å². The van der Waals surface area contributed by atoms with Crippen LogP contribution in [0.3, 0.4) is 0 Å². The van der Waals surface area contributed by atoms with Crippen molar-refractivity contribution < 1.29 is 9.68 Å². The zero-order valence-electron chi connectivity index (χ0n) is 8.57. The minimum absolute atomic E-state index is 0.124. The zero-order valence-corrected chi connectivity index (χ0v) is 8.57. The van der Waals surface area contributed by atoms with Crippen molar-refractivity contribution in [3.63, 3.8) is 0 Å². The van der Waals surface area contributed by atoms with Crippen molar-refractivity contribution in [3.05, 3.63) is 28.8 Å². The second-order valence-corrected chi connectivity index (χ2v) is 4.32. The molecular formula is C11H14BNO2. The van der Waals surface area contributed by atoms with Gasteiger partial charge in [0.1, 0.15) is 0 Å². The molecule has 78 valence electrons. The molecule has 0 unspecified atom stereocenters. The van der Waals surface area contributed by atoms with Crippen LogP contribution in [0, 0.1) is 0 Å². The predicted molar refractivity (Wildman–Crippen MR) is 59.0 cm³/mol. The van der Waals surface area contributed by atoms with Gasteiger partial charge in [0.2, 0.25) is 0 Å². The van der Waals surface area contributed by atoms with Crippen molar-refractivity contribution in [2.24, 2.45) is 5.73 Å². The highest BCUT2D eigenvalue weighted by molar-refractivity contribution is 6.61. The lowest BCUT2D eigenvalue weighted by Crippen LogP contribution is -2.28. The van der Waals surface area contributed by atoms with E-state index in [4.69, 9.17) is 10.4 Å². The van der Waals surface area contributed by atoms with Gasteiger partial charge < -0.3 is 15.4 Å². The van der Waals surface area contributed by atoms with Crippen molar-refractivity contribution in [2.75, 3.05) is 6.54 Å². The minimum atomic E-state index is -0.778. The summed E-state index contributed by atoms with van der Waals surface area (Å²) < 4.78 is 5.39. The van der Waals surface area contributed by atoms with E-state index in [-0.39, 0.29) is 6.10 Å². The molecule has 1 aliphatic carbocycles. The first-order chi connectivity index (χ1) is 7.29. The van der Waals surface area contributed by atoms with E-state index < -0.39 is 7.12 Å². The molecule has 15 heavy (non-hydrogen) atoms. The van der Waals surface area contributed by atoms with Crippen LogP contribution in [0.2, 0.25) is 0 Å². The van der Waals surface area contributed by atoms with Gasteiger partial charge in [-0.2, -0.15) is 0 Å². The number of rotatable bonds is 1. The average molecular weight is 203 g/mol. The quantitative estimate of drug-likeness (QED) is 0.626. The molecule has 3 nitrogen and oxygen atoms in total. The van der Waals surface area contributed by atoms with Gasteiger partial charge in [-0.25, -0.2) is 0 Å². The Kier molecular flexibility index (Phi) is 2.09. The van der Waals surface area contributed by atoms with Gasteiger partial charge in [-0.05, 0) is 41.4 Å². The molecule has 0 fully saturated rings. The summed E-state index contributed by atoms with van der Waals surface area (Å²) in [5.41, 5.74) is 10.4. The van der Waals surface area contributed by atoms with Crippen molar-refractivity contribution in [3.8, 4) is 0 Å². The zero-order chi connectivity index (χ0) is 10.4. The standard InChI is InChI=1S/C11H14BNO2/c13-6-11-9-4-7-2-1-3-8(7)5-10(9)12(14)15-11/h4-5,11,14H,1-3,6,13H2/t11-/m1/s1. The fraction of sp³-hybridized carbons (Fsp3) is 0.455. The van der Waals surface area contributed by atoms with Gasteiger partial charge >= 0.3 is 7.12 Å². The maximum Gasteiger partial charge on any atom is 0.492 e. The second kappa shape index (κ2) is 3.34. The van der Waals surface area contributed by atoms with E-state index in [1.54, 1.807) is 0 Å². The Balaban J connectivity index is 2.11. The molecule has 1 aliphatic heterocycles. The molecule has 4 heteroatoms. The predicted octanol–water partition coefficient (Wildman–Crippen LogP) is -0.107. The van der Waals surface area contributed by atoms with Crippen molar-refractivity contribution >= 4 is 12.6 Å². The molecule has 0 saturated carbocycles. The summed E-state index contributed by atoms with van der Waals surface area (Å²) in [5, 5.41) is 9.74. The van der Waals surface area contributed by atoms with Crippen LogP contribution in [0.4, 0.5) is 0 Å². The van der Waals surface area contributed by atoms with Crippen LogP contribution < -0.4 is 11.2 Å². The third-order valence-corrected chi connectivity index (χ3v) is 3.42. The largest absolute Gasteiger partial charge is 0.492 e. The minimum Gasteiger partial charge on any atom is -0.423 e. The summed E-state index contributed by atoms with van der Waals surface area (Å²) in [4.78, 5) is 0. The summed E-state index contributed by atoms with van der Waals surface area (Å²) >= 11 is 0. The lowest BCUT2D eigenvalue weighted by molar-refractivity contribution is 0.198. The number of benzene rings is 1. The molecule has 0 spiro atoms. The highest BCUT2D eigenvalue weighted by atomic mass is 16.5. The van der Waals surface area contributed by atoms with Crippen LogP contribution in [-0.2, 0) is 17.5 Å². The Bertz CT molecular complexity index is 408. The van der Waals surface area contributed by atoms with Gasteiger partial charge in [-0.3, -0.25) is 0 Å². The maximum absolute atomic E-state index is 9.74. The normalized spacial score (nSPS) is 23.1. The van der Waals surface area contributed by atoms with E-state index >= 15 is 0 Å². The van der Waals surface area contributed by atoms with E-state index in [1.165, 1.54) is 17.5 Å². The number of hydrogen-bond acceptors (Lipinski definition) is 3. The molecule has 0 aromatic heterocycles. The van der Waals surface area contributed by atoms with Gasteiger partial charge in [-0.15, -0.1) is 0 Å². The van der Waals surface area contributed by atoms with Gasteiger partial charge in [0.15, 0.2) is 0 Å². The molecule has 1 aromatic carbocycles. The van der Waals surface area contributed by atoms with Crippen molar-refractivity contribution in [1.82, 2.24) is 0 Å². The van der Waals surface area contributed by atoms with E-state index in [1.807, 2.05) is 0 Å². The van der Waals surface area contributed by atoms with Crippen molar-refractivity contribution in [1.29, 1.82) is 0 Å². The summed E-state index contributed by atoms with van der Waals surface area (Å²) in [5.74, 6) is 0. The number of nitrogens with two attached hydrogens (primary N) is 1. The van der Waals surface area contributed by atoms with Gasteiger partial charge in [-0.1, -0.05) is 12.1 Å². The molecule has 3 rings (SSSR count). The fourth-order valence-corrected chi connectivity index (χ4v) is 2.64. The van der Waals surface area contributed by atoms with E-state index in [0.29, 0.717) is 6.54 Å². The molecule has 0 saturated heterocycles. The van der Waals surface area contributed by atoms with Crippen LogP contribution in [0.1, 0.15) is 29.2 Å². The Morgan fingerprint density at radius 1 is 1.40 bits per heavy atom. The first-order valence-electron chi connectivity index (χ1n) is 5.49. The van der Waals surface area contributed by atoms with E-state index in [2.05, 4.69) is 12.1 Å². The molecule has 0 bridgehead atoms. The maximum atomic E-state index is 9.74. The molecule has 2 aliphatic rings. The number of fused-ring (bicyclic) bond motifs is 2. The fourth-order valence-electron chi connectivity index (χ4n) is 2.64. The van der Waals surface area contributed by atoms with Gasteiger partial charge in [0, 0.05) is 6.54 Å². The smallest absolute Gasteiger partial charge is 0.423 e. The Morgan fingerprint density at radius 3 is 2.87 bits per heavy atom. The Morgan fingerprint density at radius 2 is 2.13 bits per heavy atom. The third-order valence-electron chi connectivity index (χ3n) is 3.42. The lowest BCUT2D eigenvalue weighted by Gasteiger charge is -2.09. The van der Waals surface area contributed by atoms with Gasteiger partial charge in [0.25, 0.3) is 0 Å². The third kappa shape index (κ3) is 1.33. The Labute approximate surface area is 89.4 Å². The lowest BCUT2D eigenvalue weighted by atomic mass is 9.77. The second-order valence-electron chi connectivity index (χ2n) is 4.32. The van der Waals surface area contributed by atoms with E-state index in [0.717, 1.165) is 23.9 Å². The SMILES string of the molecule is NC[C@H]1OB(O)c2cc3c(cc21)CCC3. The van der Waals surface area contributed by atoms with Crippen molar-refractivity contribution in [2.45, 2.75) is 25.4 Å². The highest BCUT2D eigenvalue weighted by Crippen LogP contribution is 2.29. The molecule has 1 heterocycles. The van der Waals surface area contributed by atoms with Crippen LogP contribution in [0.15, 0.2) is 12.1 Å². The monoisotopic (exact) mass is 203 g/mol. The highest BCUT2D eigenvalue weighted by Gasteiger charge is 2.35. The van der Waals surface area contributed by atoms with Crippen LogP contribution in [0.25, 0.3) is 0 Å². The molecule has 0 amide bonds. The summed E-state index contributed by atoms with van der Waals surface area (Å²) in [7, 11) is -0.778. The Hall–Kier alpha value is -0.835. The van der Waals surface area contributed by atoms with Crippen LogP contribution in [0.5, 0.6) is 0 Å². The first kappa shape index (κ1) is 9.40. The van der Waals surface area contributed by atoms with Gasteiger partial charge in [0.05, 0.1) is 6.10 Å². The molecule has 1 aromatic rings. The molecule has 0 radical (unpaired) electrons. The topological polar surface area (TPSA) is 55.5 Å². The number of hydrogen-bond donors (Lipinski definition) is 2. The molecule has 1 atom stereocenters.